The fourth-order valence-corrected chi connectivity index (χ4v) is 4.78. The van der Waals surface area contributed by atoms with Crippen LogP contribution >= 0.6 is 0 Å². The Balaban J connectivity index is 1.43. The lowest BCUT2D eigenvalue weighted by molar-refractivity contribution is -0.133. The zero-order valence-corrected chi connectivity index (χ0v) is 20.8. The zero-order chi connectivity index (χ0) is 25.2. The Bertz CT molecular complexity index is 1460. The van der Waals surface area contributed by atoms with Gasteiger partial charge in [-0.2, -0.15) is 0 Å². The molecule has 1 heterocycles. The predicted molar refractivity (Wildman–Crippen MR) is 134 cm³/mol. The standard InChI is InChI=1S/C27H26N2O5S/c1-18-10-15-24(16-19(18)2)35(31,32)29(4)22-11-13-23(14-12-22)34-26(30)17-25-20(3)33-27(28-25)21-8-6-5-7-9-21/h5-16H,17H2,1-4H3. The van der Waals surface area contributed by atoms with Crippen LogP contribution < -0.4 is 9.04 Å². The van der Waals surface area contributed by atoms with Crippen molar-refractivity contribution in [3.05, 3.63) is 95.4 Å². The molecule has 0 aliphatic heterocycles. The van der Waals surface area contributed by atoms with E-state index >= 15 is 0 Å². The number of hydrogen-bond donors (Lipinski definition) is 0. The maximum absolute atomic E-state index is 13.0. The van der Waals surface area contributed by atoms with Gasteiger partial charge in [0.25, 0.3) is 10.0 Å². The smallest absolute Gasteiger partial charge is 0.317 e. The van der Waals surface area contributed by atoms with E-state index in [0.717, 1.165) is 16.7 Å². The lowest BCUT2D eigenvalue weighted by Gasteiger charge is -2.20. The Morgan fingerprint density at radius 2 is 1.63 bits per heavy atom. The van der Waals surface area contributed by atoms with Crippen LogP contribution in [0.4, 0.5) is 5.69 Å². The van der Waals surface area contributed by atoms with Crippen molar-refractivity contribution >= 4 is 21.7 Å². The molecule has 0 saturated heterocycles. The highest BCUT2D eigenvalue weighted by Crippen LogP contribution is 2.26. The summed E-state index contributed by atoms with van der Waals surface area (Å²) in [7, 11) is -2.24. The normalized spacial score (nSPS) is 11.3. The number of rotatable bonds is 7. The van der Waals surface area contributed by atoms with Crippen LogP contribution in [0.5, 0.6) is 5.75 Å². The Kier molecular flexibility index (Phi) is 6.75. The van der Waals surface area contributed by atoms with Gasteiger partial charge < -0.3 is 9.15 Å². The summed E-state index contributed by atoms with van der Waals surface area (Å²) in [6.45, 7) is 5.56. The molecule has 0 N–H and O–H groups in total. The van der Waals surface area contributed by atoms with E-state index in [1.807, 2.05) is 44.2 Å². The van der Waals surface area contributed by atoms with Crippen LogP contribution in [0.15, 0.2) is 82.1 Å². The molecular formula is C27H26N2O5S. The van der Waals surface area contributed by atoms with E-state index in [0.29, 0.717) is 28.8 Å². The van der Waals surface area contributed by atoms with E-state index < -0.39 is 16.0 Å². The quantitative estimate of drug-likeness (QED) is 0.260. The third-order valence-electron chi connectivity index (χ3n) is 5.79. The molecule has 0 aliphatic carbocycles. The van der Waals surface area contributed by atoms with E-state index in [4.69, 9.17) is 9.15 Å². The lowest BCUT2D eigenvalue weighted by Crippen LogP contribution is -2.26. The third kappa shape index (κ3) is 5.27. The van der Waals surface area contributed by atoms with Gasteiger partial charge in [-0.1, -0.05) is 24.3 Å². The van der Waals surface area contributed by atoms with Gasteiger partial charge in [0.05, 0.1) is 22.7 Å². The Morgan fingerprint density at radius 3 is 2.29 bits per heavy atom. The van der Waals surface area contributed by atoms with Crippen LogP contribution in [0.25, 0.3) is 11.5 Å². The maximum atomic E-state index is 13.0. The molecule has 8 heteroatoms. The number of aromatic nitrogens is 1. The van der Waals surface area contributed by atoms with Gasteiger partial charge >= 0.3 is 5.97 Å². The second-order valence-electron chi connectivity index (χ2n) is 8.25. The fraction of sp³-hybridized carbons (Fsp3) is 0.185. The second kappa shape index (κ2) is 9.76. The predicted octanol–water partition coefficient (Wildman–Crippen LogP) is 5.24. The van der Waals surface area contributed by atoms with Crippen molar-refractivity contribution in [1.82, 2.24) is 4.98 Å². The first kappa shape index (κ1) is 24.2. The summed E-state index contributed by atoms with van der Waals surface area (Å²) in [6.07, 6.45) is -0.0506. The molecule has 7 nitrogen and oxygen atoms in total. The number of aryl methyl sites for hydroxylation is 3. The van der Waals surface area contributed by atoms with Gasteiger partial charge in [-0.15, -0.1) is 0 Å². The molecule has 0 spiro atoms. The van der Waals surface area contributed by atoms with Crippen molar-refractivity contribution in [1.29, 1.82) is 0 Å². The Morgan fingerprint density at radius 1 is 0.943 bits per heavy atom. The van der Waals surface area contributed by atoms with Crippen molar-refractivity contribution < 1.29 is 22.4 Å². The minimum absolute atomic E-state index is 0.0506. The van der Waals surface area contributed by atoms with Gasteiger partial charge in [-0.05, 0) is 80.4 Å². The molecule has 0 unspecified atom stereocenters. The van der Waals surface area contributed by atoms with Gasteiger partial charge in [0, 0.05) is 12.6 Å². The van der Waals surface area contributed by atoms with Crippen molar-refractivity contribution in [3.63, 3.8) is 0 Å². The monoisotopic (exact) mass is 490 g/mol. The molecule has 0 atom stereocenters. The molecule has 0 amide bonds. The number of hydrogen-bond acceptors (Lipinski definition) is 6. The van der Waals surface area contributed by atoms with Crippen LogP contribution in [0.2, 0.25) is 0 Å². The van der Waals surface area contributed by atoms with Crippen LogP contribution in [-0.2, 0) is 21.2 Å². The second-order valence-corrected chi connectivity index (χ2v) is 10.2. The largest absolute Gasteiger partial charge is 0.441 e. The molecule has 0 radical (unpaired) electrons. The van der Waals surface area contributed by atoms with Gasteiger partial charge in [0.2, 0.25) is 5.89 Å². The molecule has 4 aromatic rings. The summed E-state index contributed by atoms with van der Waals surface area (Å²) in [5.41, 5.74) is 3.70. The number of anilines is 1. The summed E-state index contributed by atoms with van der Waals surface area (Å²) < 4.78 is 38.4. The number of carbonyl (C=O) groups is 1. The van der Waals surface area contributed by atoms with Crippen LogP contribution in [0.1, 0.15) is 22.6 Å². The van der Waals surface area contributed by atoms with Crippen molar-refractivity contribution in [2.45, 2.75) is 32.1 Å². The average molecular weight is 491 g/mol. The van der Waals surface area contributed by atoms with Gasteiger partial charge in [-0.3, -0.25) is 9.10 Å². The number of sulfonamides is 1. The van der Waals surface area contributed by atoms with E-state index in [-0.39, 0.29) is 11.3 Å². The van der Waals surface area contributed by atoms with Crippen LogP contribution in [0.3, 0.4) is 0 Å². The molecule has 0 bridgehead atoms. The number of benzene rings is 3. The van der Waals surface area contributed by atoms with E-state index in [2.05, 4.69) is 4.98 Å². The number of oxazole rings is 1. The molecule has 1 aromatic heterocycles. The van der Waals surface area contributed by atoms with Gasteiger partial charge in [-0.25, -0.2) is 13.4 Å². The number of carbonyl (C=O) groups excluding carboxylic acids is 1. The topological polar surface area (TPSA) is 89.7 Å². The summed E-state index contributed by atoms with van der Waals surface area (Å²) in [5, 5.41) is 0. The Hall–Kier alpha value is -3.91. The zero-order valence-electron chi connectivity index (χ0n) is 20.0. The summed E-state index contributed by atoms with van der Waals surface area (Å²) in [5.74, 6) is 0.808. The highest BCUT2D eigenvalue weighted by molar-refractivity contribution is 7.92. The highest BCUT2D eigenvalue weighted by Gasteiger charge is 2.22. The van der Waals surface area contributed by atoms with Crippen molar-refractivity contribution in [2.24, 2.45) is 0 Å². The van der Waals surface area contributed by atoms with Crippen molar-refractivity contribution in [2.75, 3.05) is 11.4 Å². The minimum Gasteiger partial charge on any atom is -0.441 e. The molecule has 0 saturated carbocycles. The molecule has 4 rings (SSSR count). The first-order chi connectivity index (χ1) is 16.6. The van der Waals surface area contributed by atoms with E-state index in [1.54, 1.807) is 49.4 Å². The summed E-state index contributed by atoms with van der Waals surface area (Å²) in [6, 6.07) is 20.8. The number of nitrogens with zero attached hydrogens (tertiary/aromatic N) is 2. The molecule has 180 valence electrons. The fourth-order valence-electron chi connectivity index (χ4n) is 3.50. The molecule has 0 fully saturated rings. The van der Waals surface area contributed by atoms with Gasteiger partial charge in [0.1, 0.15) is 11.5 Å². The third-order valence-corrected chi connectivity index (χ3v) is 7.58. The summed E-state index contributed by atoms with van der Waals surface area (Å²) in [4.78, 5) is 17.1. The van der Waals surface area contributed by atoms with Crippen LogP contribution in [-0.4, -0.2) is 26.4 Å². The molecular weight excluding hydrogens is 464 g/mol. The SMILES string of the molecule is Cc1ccc(S(=O)(=O)N(C)c2ccc(OC(=O)Cc3nc(-c4ccccc4)oc3C)cc2)cc1C. The number of ether oxygens (including phenoxy) is 1. The summed E-state index contributed by atoms with van der Waals surface area (Å²) >= 11 is 0. The van der Waals surface area contributed by atoms with Gasteiger partial charge in [0.15, 0.2) is 0 Å². The van der Waals surface area contributed by atoms with Crippen LogP contribution in [0, 0.1) is 20.8 Å². The molecule has 3 aromatic carbocycles. The average Bonchev–Trinajstić information content (AvgIpc) is 3.21. The highest BCUT2D eigenvalue weighted by atomic mass is 32.2. The molecule has 35 heavy (non-hydrogen) atoms. The minimum atomic E-state index is -3.73. The molecule has 0 aliphatic rings. The first-order valence-corrected chi connectivity index (χ1v) is 12.5. The Labute approximate surface area is 205 Å². The van der Waals surface area contributed by atoms with E-state index in [9.17, 15) is 13.2 Å². The first-order valence-electron chi connectivity index (χ1n) is 11.0. The van der Waals surface area contributed by atoms with Crippen molar-refractivity contribution in [3.8, 4) is 17.2 Å². The van der Waals surface area contributed by atoms with E-state index in [1.165, 1.54) is 11.4 Å². The lowest BCUT2D eigenvalue weighted by atomic mass is 10.1. The number of esters is 1. The maximum Gasteiger partial charge on any atom is 0.317 e.